The number of aromatic nitrogens is 2. The summed E-state index contributed by atoms with van der Waals surface area (Å²) in [6.45, 7) is 3.84. The van der Waals surface area contributed by atoms with E-state index in [0.29, 0.717) is 22.7 Å². The number of aryl methyl sites for hydroxylation is 1. The van der Waals surface area contributed by atoms with Gasteiger partial charge in [0.15, 0.2) is 11.5 Å². The molecule has 0 bridgehead atoms. The van der Waals surface area contributed by atoms with Crippen LogP contribution < -0.4 is 19.1 Å². The minimum absolute atomic E-state index is 0.0682. The molecule has 0 aliphatic rings. The number of amides is 1. The Bertz CT molecular complexity index is 1190. The van der Waals surface area contributed by atoms with Crippen molar-refractivity contribution in [1.29, 1.82) is 0 Å². The lowest BCUT2D eigenvalue weighted by molar-refractivity contribution is 0.102. The number of ether oxygens (including phenoxy) is 2. The van der Waals surface area contributed by atoms with Crippen molar-refractivity contribution in [1.82, 2.24) is 10.2 Å². The van der Waals surface area contributed by atoms with Crippen molar-refractivity contribution in [2.45, 2.75) is 18.2 Å². The van der Waals surface area contributed by atoms with Gasteiger partial charge in [-0.05, 0) is 49.7 Å². The molecular formula is C20H22N4O5S2. The first-order valence-electron chi connectivity index (χ1n) is 9.26. The van der Waals surface area contributed by atoms with E-state index in [-0.39, 0.29) is 16.0 Å². The molecule has 1 N–H and O–H groups in total. The van der Waals surface area contributed by atoms with E-state index < -0.39 is 15.9 Å². The molecule has 0 unspecified atom stereocenters. The summed E-state index contributed by atoms with van der Waals surface area (Å²) in [4.78, 5) is 12.6. The molecule has 9 nitrogen and oxygen atoms in total. The maximum atomic E-state index is 13.1. The molecule has 31 heavy (non-hydrogen) atoms. The molecule has 0 atom stereocenters. The van der Waals surface area contributed by atoms with E-state index in [1.54, 1.807) is 37.3 Å². The molecule has 3 rings (SSSR count). The SMILES string of the molecule is CCN(c1cccc(C)c1)S(=O)(=O)c1nnc(NC(=O)c2ccc(OC)c(OC)c2)s1. The molecule has 0 aliphatic heterocycles. The lowest BCUT2D eigenvalue weighted by Crippen LogP contribution is -2.30. The van der Waals surface area contributed by atoms with Gasteiger partial charge in [0.2, 0.25) is 5.13 Å². The normalized spacial score (nSPS) is 11.1. The third-order valence-corrected chi connectivity index (χ3v) is 7.45. The van der Waals surface area contributed by atoms with Crippen LogP contribution >= 0.6 is 11.3 Å². The van der Waals surface area contributed by atoms with Crippen molar-refractivity contribution in [3.63, 3.8) is 0 Å². The van der Waals surface area contributed by atoms with Gasteiger partial charge in [-0.2, -0.15) is 8.42 Å². The fourth-order valence-corrected chi connectivity index (χ4v) is 5.34. The minimum atomic E-state index is -3.93. The highest BCUT2D eigenvalue weighted by molar-refractivity contribution is 7.94. The predicted octanol–water partition coefficient (Wildman–Crippen LogP) is 3.33. The van der Waals surface area contributed by atoms with E-state index >= 15 is 0 Å². The van der Waals surface area contributed by atoms with E-state index in [4.69, 9.17) is 9.47 Å². The van der Waals surface area contributed by atoms with Gasteiger partial charge >= 0.3 is 0 Å². The molecule has 0 fully saturated rings. The van der Waals surface area contributed by atoms with Gasteiger partial charge in [-0.25, -0.2) is 0 Å². The van der Waals surface area contributed by atoms with E-state index in [1.165, 1.54) is 24.6 Å². The molecular weight excluding hydrogens is 440 g/mol. The van der Waals surface area contributed by atoms with Crippen LogP contribution in [0.2, 0.25) is 0 Å². The quantitative estimate of drug-likeness (QED) is 0.511. The van der Waals surface area contributed by atoms with Crippen LogP contribution in [0, 0.1) is 6.92 Å². The van der Waals surface area contributed by atoms with Gasteiger partial charge in [-0.15, -0.1) is 10.2 Å². The molecule has 11 heteroatoms. The second-order valence-electron chi connectivity index (χ2n) is 6.41. The van der Waals surface area contributed by atoms with E-state index in [1.807, 2.05) is 13.0 Å². The molecule has 3 aromatic rings. The number of sulfonamides is 1. The van der Waals surface area contributed by atoms with Crippen molar-refractivity contribution in [2.75, 3.05) is 30.4 Å². The van der Waals surface area contributed by atoms with E-state index in [2.05, 4.69) is 15.5 Å². The summed E-state index contributed by atoms with van der Waals surface area (Å²) in [6, 6.07) is 11.9. The van der Waals surface area contributed by atoms with E-state index in [9.17, 15) is 13.2 Å². The highest BCUT2D eigenvalue weighted by Gasteiger charge is 2.28. The van der Waals surface area contributed by atoms with Gasteiger partial charge in [0.05, 0.1) is 19.9 Å². The van der Waals surface area contributed by atoms with Crippen LogP contribution in [0.1, 0.15) is 22.8 Å². The van der Waals surface area contributed by atoms with Crippen LogP contribution in [0.3, 0.4) is 0 Å². The number of benzene rings is 2. The Morgan fingerprint density at radius 1 is 1.10 bits per heavy atom. The van der Waals surface area contributed by atoms with Crippen LogP contribution in [-0.2, 0) is 10.0 Å². The van der Waals surface area contributed by atoms with Crippen LogP contribution in [0.5, 0.6) is 11.5 Å². The van der Waals surface area contributed by atoms with Crippen LogP contribution in [0.25, 0.3) is 0 Å². The van der Waals surface area contributed by atoms with Crippen LogP contribution in [-0.4, -0.2) is 45.3 Å². The first kappa shape index (κ1) is 22.5. The Labute approximate surface area is 184 Å². The molecule has 1 amide bonds. The fourth-order valence-electron chi connectivity index (χ4n) is 2.88. The lowest BCUT2D eigenvalue weighted by Gasteiger charge is -2.21. The number of rotatable bonds is 8. The zero-order valence-corrected chi connectivity index (χ0v) is 19.1. The molecule has 0 radical (unpaired) electrons. The molecule has 0 spiro atoms. The summed E-state index contributed by atoms with van der Waals surface area (Å²) in [5.41, 5.74) is 1.77. The molecule has 2 aromatic carbocycles. The molecule has 0 saturated heterocycles. The molecule has 1 aromatic heterocycles. The number of carbonyl (C=O) groups excluding carboxylic acids is 1. The Balaban J connectivity index is 1.83. The Morgan fingerprint density at radius 2 is 1.84 bits per heavy atom. The molecule has 1 heterocycles. The second-order valence-corrected chi connectivity index (χ2v) is 9.42. The molecule has 0 aliphatic carbocycles. The summed E-state index contributed by atoms with van der Waals surface area (Å²) in [5.74, 6) is 0.402. The van der Waals surface area contributed by atoms with Gasteiger partial charge in [-0.3, -0.25) is 14.4 Å². The number of nitrogens with one attached hydrogen (secondary N) is 1. The maximum Gasteiger partial charge on any atom is 0.293 e. The van der Waals surface area contributed by atoms with Gasteiger partial charge in [0.1, 0.15) is 0 Å². The number of nitrogens with zero attached hydrogens (tertiary/aromatic N) is 3. The number of carbonyl (C=O) groups is 1. The summed E-state index contributed by atoms with van der Waals surface area (Å²) in [5, 5.41) is 10.3. The number of methoxy groups -OCH3 is 2. The second kappa shape index (κ2) is 9.31. The Morgan fingerprint density at radius 3 is 2.48 bits per heavy atom. The third-order valence-electron chi connectivity index (χ3n) is 4.36. The monoisotopic (exact) mass is 462 g/mol. The summed E-state index contributed by atoms with van der Waals surface area (Å²) >= 11 is 0.783. The van der Waals surface area contributed by atoms with Crippen molar-refractivity contribution >= 4 is 38.1 Å². The third kappa shape index (κ3) is 4.78. The largest absolute Gasteiger partial charge is 0.493 e. The average molecular weight is 463 g/mol. The zero-order chi connectivity index (χ0) is 22.6. The average Bonchev–Trinajstić information content (AvgIpc) is 3.23. The van der Waals surface area contributed by atoms with Crippen molar-refractivity contribution in [2.24, 2.45) is 0 Å². The van der Waals surface area contributed by atoms with E-state index in [0.717, 1.165) is 16.9 Å². The molecule has 0 saturated carbocycles. The van der Waals surface area contributed by atoms with Crippen LogP contribution in [0.4, 0.5) is 10.8 Å². The Kier molecular flexibility index (Phi) is 6.76. The molecule has 164 valence electrons. The van der Waals surface area contributed by atoms with Gasteiger partial charge in [0, 0.05) is 12.1 Å². The topological polar surface area (TPSA) is 111 Å². The lowest BCUT2D eigenvalue weighted by atomic mass is 10.2. The number of hydrogen-bond acceptors (Lipinski definition) is 8. The van der Waals surface area contributed by atoms with Crippen LogP contribution in [0.15, 0.2) is 46.8 Å². The Hall–Kier alpha value is -3.18. The van der Waals surface area contributed by atoms with Crippen molar-refractivity contribution < 1.29 is 22.7 Å². The zero-order valence-electron chi connectivity index (χ0n) is 17.4. The van der Waals surface area contributed by atoms with Crippen molar-refractivity contribution in [3.8, 4) is 11.5 Å². The van der Waals surface area contributed by atoms with Gasteiger partial charge in [-0.1, -0.05) is 23.5 Å². The number of hydrogen-bond donors (Lipinski definition) is 1. The summed E-state index contributed by atoms with van der Waals surface area (Å²) in [6.07, 6.45) is 0. The predicted molar refractivity (Wildman–Crippen MR) is 119 cm³/mol. The first-order valence-corrected chi connectivity index (χ1v) is 11.5. The summed E-state index contributed by atoms with van der Waals surface area (Å²) in [7, 11) is -0.965. The smallest absolute Gasteiger partial charge is 0.293 e. The number of anilines is 2. The van der Waals surface area contributed by atoms with Crippen molar-refractivity contribution in [3.05, 3.63) is 53.6 Å². The maximum absolute atomic E-state index is 13.1. The fraction of sp³-hybridized carbons (Fsp3) is 0.250. The van der Waals surface area contributed by atoms with Gasteiger partial charge in [0.25, 0.3) is 20.3 Å². The minimum Gasteiger partial charge on any atom is -0.493 e. The summed E-state index contributed by atoms with van der Waals surface area (Å²) < 4.78 is 37.6. The highest BCUT2D eigenvalue weighted by Crippen LogP contribution is 2.30. The standard InChI is InChI=1S/C20H22N4O5S2/c1-5-24(15-8-6-7-13(2)11-15)31(26,27)20-23-22-19(30-20)21-18(25)14-9-10-16(28-3)17(12-14)29-4/h6-12H,5H2,1-4H3,(H,21,22,25). The van der Waals surface area contributed by atoms with Gasteiger partial charge < -0.3 is 9.47 Å². The first-order chi connectivity index (χ1) is 14.8. The highest BCUT2D eigenvalue weighted by atomic mass is 32.2.